The number of piperidine rings is 1. The van der Waals surface area contributed by atoms with Crippen molar-refractivity contribution in [3.63, 3.8) is 0 Å². The second kappa shape index (κ2) is 6.76. The van der Waals surface area contributed by atoms with Gasteiger partial charge in [-0.15, -0.1) is 0 Å². The van der Waals surface area contributed by atoms with Gasteiger partial charge in [0.15, 0.2) is 0 Å². The Bertz CT molecular complexity index is 801. The Balaban J connectivity index is 1.84. The molecule has 0 radical (unpaired) electrons. The highest BCUT2D eigenvalue weighted by atomic mass is 32.2. The van der Waals surface area contributed by atoms with E-state index >= 15 is 0 Å². The normalized spacial score (nSPS) is 21.2. The van der Waals surface area contributed by atoms with Gasteiger partial charge in [-0.2, -0.15) is 0 Å². The monoisotopic (exact) mass is 366 g/mol. The van der Waals surface area contributed by atoms with E-state index in [1.54, 1.807) is 13.0 Å². The molecule has 136 valence electrons. The van der Waals surface area contributed by atoms with E-state index in [1.165, 1.54) is 17.0 Å². The minimum Gasteiger partial charge on any atom is -0.481 e. The van der Waals surface area contributed by atoms with Crippen LogP contribution in [0.2, 0.25) is 0 Å². The summed E-state index contributed by atoms with van der Waals surface area (Å²) in [5.74, 6) is -1.78. The van der Waals surface area contributed by atoms with Crippen LogP contribution in [0.5, 0.6) is 0 Å². The fourth-order valence-electron chi connectivity index (χ4n) is 3.02. The van der Waals surface area contributed by atoms with Crippen LogP contribution in [0.4, 0.5) is 0 Å². The van der Waals surface area contributed by atoms with Crippen molar-refractivity contribution >= 4 is 21.9 Å². The van der Waals surface area contributed by atoms with Gasteiger partial charge in [0.1, 0.15) is 0 Å². The van der Waals surface area contributed by atoms with Gasteiger partial charge in [0.25, 0.3) is 5.91 Å². The van der Waals surface area contributed by atoms with Crippen LogP contribution in [0.1, 0.15) is 41.6 Å². The van der Waals surface area contributed by atoms with Crippen LogP contribution in [0.25, 0.3) is 0 Å². The third-order valence-corrected chi connectivity index (χ3v) is 6.22. The van der Waals surface area contributed by atoms with Gasteiger partial charge in [0, 0.05) is 24.7 Å². The maximum atomic E-state index is 12.8. The maximum absolute atomic E-state index is 12.8. The molecule has 0 spiro atoms. The van der Waals surface area contributed by atoms with Crippen molar-refractivity contribution in [2.75, 3.05) is 13.1 Å². The molecular weight excluding hydrogens is 344 g/mol. The van der Waals surface area contributed by atoms with Crippen molar-refractivity contribution in [2.24, 2.45) is 5.92 Å². The third kappa shape index (κ3) is 4.01. The molecule has 1 aliphatic heterocycles. The molecule has 0 aromatic heterocycles. The zero-order valence-electron chi connectivity index (χ0n) is 14.1. The van der Waals surface area contributed by atoms with E-state index in [2.05, 4.69) is 4.72 Å². The number of carbonyl (C=O) groups is 2. The first-order chi connectivity index (χ1) is 11.8. The van der Waals surface area contributed by atoms with E-state index in [1.807, 2.05) is 0 Å². The smallest absolute Gasteiger partial charge is 0.308 e. The fourth-order valence-corrected chi connectivity index (χ4v) is 4.35. The van der Waals surface area contributed by atoms with Gasteiger partial charge in [-0.25, -0.2) is 13.1 Å². The Morgan fingerprint density at radius 1 is 1.24 bits per heavy atom. The Hall–Kier alpha value is -1.93. The number of hydrogen-bond acceptors (Lipinski definition) is 4. The molecule has 1 saturated carbocycles. The Morgan fingerprint density at radius 2 is 1.96 bits per heavy atom. The molecule has 1 atom stereocenters. The van der Waals surface area contributed by atoms with E-state index in [-0.39, 0.29) is 23.4 Å². The minimum absolute atomic E-state index is 0.0103. The van der Waals surface area contributed by atoms with Crippen LogP contribution in [-0.4, -0.2) is 49.4 Å². The molecule has 25 heavy (non-hydrogen) atoms. The highest BCUT2D eigenvalue weighted by Gasteiger charge is 2.31. The number of amides is 1. The molecule has 2 N–H and O–H groups in total. The molecule has 1 unspecified atom stereocenters. The standard InChI is InChI=1S/C17H22N2O5S/c1-11-4-7-14(25(23,24)18-13-5-6-13)9-15(11)16(20)19-8-2-3-12(10-19)17(21)22/h4,7,9,12-13,18H,2-3,5-6,8,10H2,1H3,(H,21,22). The molecule has 2 fully saturated rings. The van der Waals surface area contributed by atoms with Gasteiger partial charge in [0.2, 0.25) is 10.0 Å². The number of aryl methyl sites for hydroxylation is 1. The quantitative estimate of drug-likeness (QED) is 0.819. The number of aliphatic carboxylic acids is 1. The summed E-state index contributed by atoms with van der Waals surface area (Å²) in [5.41, 5.74) is 0.984. The first-order valence-electron chi connectivity index (χ1n) is 8.43. The number of likely N-dealkylation sites (tertiary alicyclic amines) is 1. The number of carbonyl (C=O) groups excluding carboxylic acids is 1. The number of carboxylic acid groups (broad SMARTS) is 1. The average molecular weight is 366 g/mol. The summed E-state index contributed by atoms with van der Waals surface area (Å²) < 4.78 is 27.3. The third-order valence-electron chi connectivity index (χ3n) is 4.71. The molecule has 8 heteroatoms. The molecule has 2 aliphatic rings. The summed E-state index contributed by atoms with van der Waals surface area (Å²) in [5, 5.41) is 9.18. The first-order valence-corrected chi connectivity index (χ1v) is 9.91. The predicted molar refractivity (Wildman–Crippen MR) is 90.8 cm³/mol. The van der Waals surface area contributed by atoms with E-state index < -0.39 is 21.9 Å². The fraction of sp³-hybridized carbons (Fsp3) is 0.529. The average Bonchev–Trinajstić information content (AvgIpc) is 3.37. The van der Waals surface area contributed by atoms with E-state index in [9.17, 15) is 23.1 Å². The Morgan fingerprint density at radius 3 is 2.60 bits per heavy atom. The van der Waals surface area contributed by atoms with Crippen molar-refractivity contribution in [2.45, 2.75) is 43.5 Å². The summed E-state index contributed by atoms with van der Waals surface area (Å²) in [7, 11) is -3.64. The Kier molecular flexibility index (Phi) is 4.83. The van der Waals surface area contributed by atoms with Crippen molar-refractivity contribution in [1.82, 2.24) is 9.62 Å². The number of carboxylic acids is 1. The topological polar surface area (TPSA) is 104 Å². The highest BCUT2D eigenvalue weighted by molar-refractivity contribution is 7.89. The van der Waals surface area contributed by atoms with Crippen molar-refractivity contribution in [1.29, 1.82) is 0 Å². The molecule has 1 saturated heterocycles. The summed E-state index contributed by atoms with van der Waals surface area (Å²) in [6, 6.07) is 4.50. The first kappa shape index (κ1) is 17.9. The minimum atomic E-state index is -3.64. The van der Waals surface area contributed by atoms with Gasteiger partial charge in [-0.05, 0) is 50.3 Å². The molecular formula is C17H22N2O5S. The number of sulfonamides is 1. The molecule has 1 aliphatic carbocycles. The van der Waals surface area contributed by atoms with Gasteiger partial charge in [0.05, 0.1) is 10.8 Å². The molecule has 7 nitrogen and oxygen atoms in total. The number of nitrogens with zero attached hydrogens (tertiary/aromatic N) is 1. The molecule has 1 heterocycles. The van der Waals surface area contributed by atoms with Crippen molar-refractivity contribution in [3.05, 3.63) is 29.3 Å². The van der Waals surface area contributed by atoms with Gasteiger partial charge >= 0.3 is 5.97 Å². The van der Waals surface area contributed by atoms with Gasteiger partial charge < -0.3 is 10.0 Å². The van der Waals surface area contributed by atoms with Crippen LogP contribution in [0.15, 0.2) is 23.1 Å². The predicted octanol–water partition coefficient (Wildman–Crippen LogP) is 1.37. The molecule has 1 aromatic carbocycles. The Labute approximate surface area is 147 Å². The SMILES string of the molecule is Cc1ccc(S(=O)(=O)NC2CC2)cc1C(=O)N1CCCC(C(=O)O)C1. The number of benzene rings is 1. The maximum Gasteiger partial charge on any atom is 0.308 e. The lowest BCUT2D eigenvalue weighted by Crippen LogP contribution is -2.42. The number of rotatable bonds is 5. The summed E-state index contributed by atoms with van der Waals surface area (Å²) in [6.45, 7) is 2.39. The lowest BCUT2D eigenvalue weighted by Gasteiger charge is -2.31. The van der Waals surface area contributed by atoms with Gasteiger partial charge in [-0.1, -0.05) is 6.07 Å². The molecule has 3 rings (SSSR count). The van der Waals surface area contributed by atoms with Crippen LogP contribution < -0.4 is 4.72 Å². The second-order valence-corrected chi connectivity index (χ2v) is 8.51. The van der Waals surface area contributed by atoms with Crippen LogP contribution in [0.3, 0.4) is 0 Å². The summed E-state index contributed by atoms with van der Waals surface area (Å²) in [6.07, 6.45) is 2.85. The lowest BCUT2D eigenvalue weighted by atomic mass is 9.97. The summed E-state index contributed by atoms with van der Waals surface area (Å²) in [4.78, 5) is 25.6. The number of hydrogen-bond donors (Lipinski definition) is 2. The highest BCUT2D eigenvalue weighted by Crippen LogP contribution is 2.25. The van der Waals surface area contributed by atoms with Crippen molar-refractivity contribution in [3.8, 4) is 0 Å². The largest absolute Gasteiger partial charge is 0.481 e. The molecule has 1 amide bonds. The molecule has 0 bridgehead atoms. The van der Waals surface area contributed by atoms with E-state index in [0.29, 0.717) is 30.5 Å². The van der Waals surface area contributed by atoms with Crippen LogP contribution >= 0.6 is 0 Å². The van der Waals surface area contributed by atoms with Crippen molar-refractivity contribution < 1.29 is 23.1 Å². The van der Waals surface area contributed by atoms with E-state index in [4.69, 9.17) is 0 Å². The van der Waals surface area contributed by atoms with Gasteiger partial charge in [-0.3, -0.25) is 9.59 Å². The number of nitrogens with one attached hydrogen (secondary N) is 1. The molecule has 1 aromatic rings. The van der Waals surface area contributed by atoms with E-state index in [0.717, 1.165) is 12.8 Å². The van der Waals surface area contributed by atoms with Crippen LogP contribution in [-0.2, 0) is 14.8 Å². The van der Waals surface area contributed by atoms with Crippen LogP contribution in [0, 0.1) is 12.8 Å². The lowest BCUT2D eigenvalue weighted by molar-refractivity contribution is -0.143. The second-order valence-electron chi connectivity index (χ2n) is 6.80. The zero-order chi connectivity index (χ0) is 18.2. The zero-order valence-corrected chi connectivity index (χ0v) is 14.9. The summed E-state index contributed by atoms with van der Waals surface area (Å²) >= 11 is 0.